The van der Waals surface area contributed by atoms with E-state index in [4.69, 9.17) is 4.74 Å². The van der Waals surface area contributed by atoms with Gasteiger partial charge < -0.3 is 4.74 Å². The lowest BCUT2D eigenvalue weighted by atomic mass is 10.3. The highest BCUT2D eigenvalue weighted by Crippen LogP contribution is 2.27. The Labute approximate surface area is 127 Å². The maximum atomic E-state index is 12.7. The molecule has 1 aromatic carbocycles. The predicted molar refractivity (Wildman–Crippen MR) is 83.0 cm³/mol. The second-order valence-electron chi connectivity index (χ2n) is 4.77. The molecule has 0 spiro atoms. The maximum Gasteiger partial charge on any atom is 0.247 e. The number of aromatic nitrogens is 1. The van der Waals surface area contributed by atoms with Crippen LogP contribution >= 0.6 is 11.3 Å². The first-order valence-corrected chi connectivity index (χ1v) is 7.80. The Hall–Kier alpha value is -1.76. The van der Waals surface area contributed by atoms with Crippen molar-refractivity contribution in [3.63, 3.8) is 0 Å². The van der Waals surface area contributed by atoms with Gasteiger partial charge in [-0.25, -0.2) is 4.98 Å². The van der Waals surface area contributed by atoms with Crippen molar-refractivity contribution in [3.05, 3.63) is 41.9 Å². The van der Waals surface area contributed by atoms with Gasteiger partial charge in [-0.15, -0.1) is 11.3 Å². The molecule has 1 saturated heterocycles. The summed E-state index contributed by atoms with van der Waals surface area (Å²) >= 11 is 1.47. The number of amides is 1. The van der Waals surface area contributed by atoms with E-state index in [2.05, 4.69) is 9.88 Å². The number of nitrogens with zero attached hydrogens (tertiary/aromatic N) is 3. The molecule has 1 fully saturated rings. The van der Waals surface area contributed by atoms with E-state index < -0.39 is 0 Å². The Morgan fingerprint density at radius 2 is 2.05 bits per heavy atom. The Balaban J connectivity index is 1.80. The number of carbonyl (C=O) groups is 1. The highest BCUT2D eigenvalue weighted by atomic mass is 32.1. The Kier molecular flexibility index (Phi) is 4.59. The Bertz CT molecular complexity index is 568. The van der Waals surface area contributed by atoms with Crippen LogP contribution in [0.5, 0.6) is 0 Å². The zero-order valence-electron chi connectivity index (χ0n) is 11.6. The van der Waals surface area contributed by atoms with Crippen LogP contribution in [0.2, 0.25) is 0 Å². The summed E-state index contributed by atoms with van der Waals surface area (Å²) in [4.78, 5) is 20.8. The molecule has 6 heteroatoms. The van der Waals surface area contributed by atoms with Crippen LogP contribution in [0.25, 0.3) is 0 Å². The van der Waals surface area contributed by atoms with Crippen molar-refractivity contribution in [2.75, 3.05) is 37.7 Å². The van der Waals surface area contributed by atoms with Crippen molar-refractivity contribution in [1.29, 1.82) is 0 Å². The van der Waals surface area contributed by atoms with Gasteiger partial charge in [-0.1, -0.05) is 18.2 Å². The summed E-state index contributed by atoms with van der Waals surface area (Å²) in [6.07, 6.45) is 1.72. The minimum Gasteiger partial charge on any atom is -0.379 e. The molecular weight excluding hydrogens is 286 g/mol. The molecule has 0 radical (unpaired) electrons. The summed E-state index contributed by atoms with van der Waals surface area (Å²) in [5.41, 5.74) is 0.853. The molecule has 0 aliphatic carbocycles. The first kappa shape index (κ1) is 14.2. The summed E-state index contributed by atoms with van der Waals surface area (Å²) in [6, 6.07) is 9.66. The largest absolute Gasteiger partial charge is 0.379 e. The quantitative estimate of drug-likeness (QED) is 0.868. The number of anilines is 2. The Morgan fingerprint density at radius 3 is 2.71 bits per heavy atom. The van der Waals surface area contributed by atoms with Crippen LogP contribution in [0.4, 0.5) is 10.8 Å². The van der Waals surface area contributed by atoms with Gasteiger partial charge in [-0.3, -0.25) is 14.6 Å². The third-order valence-electron chi connectivity index (χ3n) is 3.34. The molecule has 0 N–H and O–H groups in total. The van der Waals surface area contributed by atoms with E-state index in [1.165, 1.54) is 11.3 Å². The van der Waals surface area contributed by atoms with Gasteiger partial charge in [0.15, 0.2) is 5.13 Å². The third kappa shape index (κ3) is 3.47. The normalized spacial score (nSPS) is 15.8. The minimum absolute atomic E-state index is 0.0399. The highest BCUT2D eigenvalue weighted by Gasteiger charge is 2.23. The number of hydrogen-bond acceptors (Lipinski definition) is 5. The monoisotopic (exact) mass is 303 g/mol. The van der Waals surface area contributed by atoms with Crippen LogP contribution in [-0.4, -0.2) is 48.6 Å². The number of benzene rings is 1. The van der Waals surface area contributed by atoms with E-state index in [9.17, 15) is 4.79 Å². The molecule has 5 nitrogen and oxygen atoms in total. The topological polar surface area (TPSA) is 45.7 Å². The van der Waals surface area contributed by atoms with Gasteiger partial charge in [-0.2, -0.15) is 0 Å². The number of hydrogen-bond donors (Lipinski definition) is 0. The molecule has 1 aromatic heterocycles. The molecule has 110 valence electrons. The van der Waals surface area contributed by atoms with Crippen molar-refractivity contribution in [2.24, 2.45) is 0 Å². The van der Waals surface area contributed by atoms with Crippen LogP contribution < -0.4 is 4.90 Å². The Morgan fingerprint density at radius 1 is 1.29 bits per heavy atom. The van der Waals surface area contributed by atoms with Gasteiger partial charge in [0.1, 0.15) is 0 Å². The summed E-state index contributed by atoms with van der Waals surface area (Å²) in [7, 11) is 0. The smallest absolute Gasteiger partial charge is 0.247 e. The van der Waals surface area contributed by atoms with E-state index in [0.29, 0.717) is 24.9 Å². The van der Waals surface area contributed by atoms with E-state index in [1.807, 2.05) is 35.7 Å². The average Bonchev–Trinajstić information content (AvgIpc) is 3.03. The van der Waals surface area contributed by atoms with Gasteiger partial charge >= 0.3 is 0 Å². The molecule has 21 heavy (non-hydrogen) atoms. The van der Waals surface area contributed by atoms with E-state index in [-0.39, 0.29) is 5.91 Å². The van der Waals surface area contributed by atoms with E-state index in [0.717, 1.165) is 18.8 Å². The van der Waals surface area contributed by atoms with Crippen molar-refractivity contribution >= 4 is 28.1 Å². The summed E-state index contributed by atoms with van der Waals surface area (Å²) in [6.45, 7) is 3.36. The van der Waals surface area contributed by atoms with Crippen molar-refractivity contribution in [3.8, 4) is 0 Å². The summed E-state index contributed by atoms with van der Waals surface area (Å²) in [5.74, 6) is 0.0399. The molecule has 3 rings (SSSR count). The van der Waals surface area contributed by atoms with Crippen LogP contribution in [0.3, 0.4) is 0 Å². The van der Waals surface area contributed by atoms with Crippen molar-refractivity contribution in [2.45, 2.75) is 0 Å². The molecule has 1 aliphatic rings. The van der Waals surface area contributed by atoms with Gasteiger partial charge in [0.2, 0.25) is 5.91 Å². The zero-order valence-corrected chi connectivity index (χ0v) is 12.5. The van der Waals surface area contributed by atoms with Crippen LogP contribution in [0.1, 0.15) is 0 Å². The first-order valence-electron chi connectivity index (χ1n) is 6.92. The number of carbonyl (C=O) groups excluding carboxylic acids is 1. The fraction of sp³-hybridized carbons (Fsp3) is 0.333. The molecule has 0 atom stereocenters. The second kappa shape index (κ2) is 6.80. The van der Waals surface area contributed by atoms with Crippen LogP contribution in [-0.2, 0) is 9.53 Å². The third-order valence-corrected chi connectivity index (χ3v) is 4.09. The van der Waals surface area contributed by atoms with Gasteiger partial charge in [0.25, 0.3) is 0 Å². The van der Waals surface area contributed by atoms with Crippen molar-refractivity contribution < 1.29 is 9.53 Å². The highest BCUT2D eigenvalue weighted by molar-refractivity contribution is 7.13. The maximum absolute atomic E-state index is 12.7. The lowest BCUT2D eigenvalue weighted by molar-refractivity contribution is -0.120. The number of thiazole rings is 1. The average molecular weight is 303 g/mol. The summed E-state index contributed by atoms with van der Waals surface area (Å²) < 4.78 is 5.32. The molecule has 2 aromatic rings. The predicted octanol–water partition coefficient (Wildman–Crippen LogP) is 2.14. The van der Waals surface area contributed by atoms with Gasteiger partial charge in [-0.05, 0) is 12.1 Å². The number of para-hydroxylation sites is 1. The van der Waals surface area contributed by atoms with Crippen LogP contribution in [0, 0.1) is 0 Å². The number of morpholine rings is 1. The lowest BCUT2D eigenvalue weighted by Gasteiger charge is -2.28. The molecule has 1 amide bonds. The minimum atomic E-state index is 0.0399. The molecule has 2 heterocycles. The van der Waals surface area contributed by atoms with Crippen LogP contribution in [0.15, 0.2) is 41.9 Å². The number of ether oxygens (including phenoxy) is 1. The van der Waals surface area contributed by atoms with E-state index in [1.54, 1.807) is 11.1 Å². The van der Waals surface area contributed by atoms with Gasteiger partial charge in [0.05, 0.1) is 25.4 Å². The van der Waals surface area contributed by atoms with Gasteiger partial charge in [0, 0.05) is 24.7 Å². The SMILES string of the molecule is O=C(CN1CCOCC1)N(c1ccccc1)c1nccs1. The standard InChI is InChI=1S/C15H17N3O2S/c19-14(12-17-7-9-20-10-8-17)18(15-16-6-11-21-15)13-4-2-1-3-5-13/h1-6,11H,7-10,12H2. The van der Waals surface area contributed by atoms with E-state index >= 15 is 0 Å². The molecular formula is C15H17N3O2S. The first-order chi connectivity index (χ1) is 10.3. The molecule has 1 aliphatic heterocycles. The fourth-order valence-electron chi connectivity index (χ4n) is 2.29. The molecule has 0 bridgehead atoms. The fourth-order valence-corrected chi connectivity index (χ4v) is 2.96. The lowest BCUT2D eigenvalue weighted by Crippen LogP contribution is -2.43. The second-order valence-corrected chi connectivity index (χ2v) is 5.64. The zero-order chi connectivity index (χ0) is 14.5. The van der Waals surface area contributed by atoms with Crippen molar-refractivity contribution in [1.82, 2.24) is 9.88 Å². The molecule has 0 saturated carbocycles. The number of rotatable bonds is 4. The summed E-state index contributed by atoms with van der Waals surface area (Å²) in [5, 5.41) is 2.59. The molecule has 0 unspecified atom stereocenters.